The van der Waals surface area contributed by atoms with Crippen LogP contribution in [-0.4, -0.2) is 18.3 Å². The number of fused-ring (bicyclic) bond motifs is 14. The van der Waals surface area contributed by atoms with Gasteiger partial charge in [0.25, 0.3) is 0 Å². The van der Waals surface area contributed by atoms with Crippen LogP contribution >= 0.6 is 0 Å². The molecule has 70 heavy (non-hydrogen) atoms. The molecular formula is C66H42N4. The summed E-state index contributed by atoms with van der Waals surface area (Å²) in [6, 6.07) is 93.5. The zero-order chi connectivity index (χ0) is 45.9. The summed E-state index contributed by atoms with van der Waals surface area (Å²) in [5.41, 5.74) is 18.7. The molecule has 11 aromatic carbocycles. The van der Waals surface area contributed by atoms with Crippen molar-refractivity contribution in [1.29, 1.82) is 0 Å². The molecule has 0 aliphatic carbocycles. The van der Waals surface area contributed by atoms with E-state index in [1.54, 1.807) is 0 Å². The number of hydrogen-bond donors (Lipinski definition) is 0. The molecule has 0 N–H and O–H groups in total. The average Bonchev–Trinajstić information content (AvgIpc) is 4.17. The largest absolute Gasteiger partial charge is 0.309 e. The van der Waals surface area contributed by atoms with Crippen LogP contribution in [0.25, 0.3) is 132 Å². The monoisotopic (exact) mass is 890 g/mol. The summed E-state index contributed by atoms with van der Waals surface area (Å²) in [5.74, 6) is 0. The fourth-order valence-electron chi connectivity index (χ4n) is 11.8. The van der Waals surface area contributed by atoms with Gasteiger partial charge in [-0.2, -0.15) is 0 Å². The number of hydrogen-bond acceptors (Lipinski definition) is 0. The SMILES string of the molecule is c1ccc(-c2cc(-c3ccccc3)cc(-n3c4ccccc4c4c3ccc3c5ccccc5n(-c5cccc(-n6c7ccccc7c7ccc8c9ccccc9n(-c9ccccc9)c8c76)c5)c34)c2)cc1. The molecule has 0 saturated carbocycles. The minimum Gasteiger partial charge on any atom is -0.309 e. The van der Waals surface area contributed by atoms with E-state index in [9.17, 15) is 0 Å². The van der Waals surface area contributed by atoms with Crippen LogP contribution in [0.5, 0.6) is 0 Å². The van der Waals surface area contributed by atoms with Gasteiger partial charge in [0, 0.05) is 65.8 Å². The zero-order valence-electron chi connectivity index (χ0n) is 38.0. The Morgan fingerprint density at radius 1 is 0.186 bits per heavy atom. The first-order valence-electron chi connectivity index (χ1n) is 24.1. The van der Waals surface area contributed by atoms with E-state index < -0.39 is 0 Å². The van der Waals surface area contributed by atoms with Crippen LogP contribution in [-0.2, 0) is 0 Å². The van der Waals surface area contributed by atoms with Gasteiger partial charge >= 0.3 is 0 Å². The quantitative estimate of drug-likeness (QED) is 0.158. The van der Waals surface area contributed by atoms with Crippen LogP contribution in [0.4, 0.5) is 0 Å². The highest BCUT2D eigenvalue weighted by molar-refractivity contribution is 6.27. The van der Waals surface area contributed by atoms with Gasteiger partial charge in [-0.05, 0) is 101 Å². The molecule has 0 saturated heterocycles. The molecule has 0 atom stereocenters. The van der Waals surface area contributed by atoms with Crippen molar-refractivity contribution in [3.05, 3.63) is 255 Å². The van der Waals surface area contributed by atoms with E-state index in [0.717, 1.165) is 28.3 Å². The van der Waals surface area contributed by atoms with E-state index in [4.69, 9.17) is 0 Å². The van der Waals surface area contributed by atoms with Crippen molar-refractivity contribution >= 4 is 87.2 Å². The van der Waals surface area contributed by atoms with Gasteiger partial charge in [0.2, 0.25) is 0 Å². The van der Waals surface area contributed by atoms with Crippen molar-refractivity contribution in [1.82, 2.24) is 18.3 Å². The fraction of sp³-hybridized carbons (Fsp3) is 0. The summed E-state index contributed by atoms with van der Waals surface area (Å²) in [6.45, 7) is 0. The maximum Gasteiger partial charge on any atom is 0.0788 e. The Morgan fingerprint density at radius 3 is 1.10 bits per heavy atom. The molecule has 0 unspecified atom stereocenters. The number of benzene rings is 11. The second-order valence-electron chi connectivity index (χ2n) is 18.5. The maximum atomic E-state index is 2.52. The summed E-state index contributed by atoms with van der Waals surface area (Å²) >= 11 is 0. The molecule has 0 aliphatic rings. The second-order valence-corrected chi connectivity index (χ2v) is 18.5. The molecule has 0 spiro atoms. The number of nitrogens with zero attached hydrogens (tertiary/aromatic N) is 4. The Labute approximate surface area is 403 Å². The van der Waals surface area contributed by atoms with E-state index in [1.807, 2.05) is 0 Å². The van der Waals surface area contributed by atoms with Crippen LogP contribution in [0.2, 0.25) is 0 Å². The Bertz CT molecular complexity index is 4510. The van der Waals surface area contributed by atoms with Crippen molar-refractivity contribution in [2.45, 2.75) is 0 Å². The molecule has 0 amide bonds. The van der Waals surface area contributed by atoms with Gasteiger partial charge in [-0.1, -0.05) is 176 Å². The molecule has 4 aromatic heterocycles. The van der Waals surface area contributed by atoms with Gasteiger partial charge in [-0.25, -0.2) is 0 Å². The number of aromatic nitrogens is 4. The maximum absolute atomic E-state index is 2.52. The second kappa shape index (κ2) is 15.1. The van der Waals surface area contributed by atoms with Crippen molar-refractivity contribution in [3.63, 3.8) is 0 Å². The summed E-state index contributed by atoms with van der Waals surface area (Å²) in [7, 11) is 0. The van der Waals surface area contributed by atoms with E-state index in [0.29, 0.717) is 0 Å². The molecule has 4 nitrogen and oxygen atoms in total. The van der Waals surface area contributed by atoms with Crippen molar-refractivity contribution < 1.29 is 0 Å². The minimum atomic E-state index is 1.10. The fourth-order valence-corrected chi connectivity index (χ4v) is 11.8. The lowest BCUT2D eigenvalue weighted by atomic mass is 9.98. The zero-order valence-corrected chi connectivity index (χ0v) is 38.0. The predicted molar refractivity (Wildman–Crippen MR) is 295 cm³/mol. The Morgan fingerprint density at radius 2 is 0.571 bits per heavy atom. The number of para-hydroxylation sites is 5. The third-order valence-corrected chi connectivity index (χ3v) is 14.7. The molecule has 4 heteroatoms. The van der Waals surface area contributed by atoms with Gasteiger partial charge in [-0.3, -0.25) is 0 Å². The predicted octanol–water partition coefficient (Wildman–Crippen LogP) is 17.4. The summed E-state index contributed by atoms with van der Waals surface area (Å²) in [6.07, 6.45) is 0. The van der Waals surface area contributed by atoms with Crippen molar-refractivity contribution in [3.8, 4) is 45.0 Å². The Balaban J connectivity index is 1.03. The van der Waals surface area contributed by atoms with E-state index in [2.05, 4.69) is 273 Å². The first-order chi connectivity index (χ1) is 34.8. The highest BCUT2D eigenvalue weighted by Crippen LogP contribution is 2.45. The van der Waals surface area contributed by atoms with Crippen molar-refractivity contribution in [2.24, 2.45) is 0 Å². The van der Waals surface area contributed by atoms with Gasteiger partial charge < -0.3 is 18.3 Å². The van der Waals surface area contributed by atoms with Crippen LogP contribution in [0.15, 0.2) is 255 Å². The Hall–Kier alpha value is -9.38. The van der Waals surface area contributed by atoms with Gasteiger partial charge in [0.1, 0.15) is 0 Å². The number of rotatable bonds is 6. The molecule has 0 fully saturated rings. The van der Waals surface area contributed by atoms with Crippen molar-refractivity contribution in [2.75, 3.05) is 0 Å². The first kappa shape index (κ1) is 38.7. The smallest absolute Gasteiger partial charge is 0.0788 e. The van der Waals surface area contributed by atoms with Crippen LogP contribution in [0.3, 0.4) is 0 Å². The van der Waals surface area contributed by atoms with Crippen LogP contribution in [0, 0.1) is 0 Å². The standard InChI is InChI=1S/C66H42N4/c1-4-19-43(20-5-1)45-39-46(44-21-6-2-7-22-44)41-50(40-45)67-61-34-17-13-30-57(61)63-62(67)38-37-54-51-27-10-15-32-59(51)69(64(54)63)48-25-18-26-49(42-48)70-60-33-16-12-29-53(60)56-36-35-55-52-28-11-14-31-58(52)68(65(55)66(56)70)47-23-8-3-9-24-47/h1-42H. The van der Waals surface area contributed by atoms with Gasteiger partial charge in [0.05, 0.1) is 44.1 Å². The lowest BCUT2D eigenvalue weighted by Crippen LogP contribution is -2.01. The lowest BCUT2D eigenvalue weighted by molar-refractivity contribution is 1.13. The average molecular weight is 891 g/mol. The molecular weight excluding hydrogens is 849 g/mol. The normalized spacial score (nSPS) is 12.0. The van der Waals surface area contributed by atoms with Gasteiger partial charge in [-0.15, -0.1) is 0 Å². The van der Waals surface area contributed by atoms with E-state index in [-0.39, 0.29) is 0 Å². The molecule has 0 bridgehead atoms. The van der Waals surface area contributed by atoms with Crippen LogP contribution < -0.4 is 0 Å². The summed E-state index contributed by atoms with van der Waals surface area (Å²) < 4.78 is 9.97. The lowest BCUT2D eigenvalue weighted by Gasteiger charge is -2.15. The minimum absolute atomic E-state index is 1.10. The molecule has 4 heterocycles. The highest BCUT2D eigenvalue weighted by Gasteiger charge is 2.24. The third-order valence-electron chi connectivity index (χ3n) is 14.7. The Kier molecular flexibility index (Phi) is 8.33. The van der Waals surface area contributed by atoms with E-state index >= 15 is 0 Å². The third kappa shape index (κ3) is 5.59. The molecule has 326 valence electrons. The molecule has 0 radical (unpaired) electrons. The summed E-state index contributed by atoms with van der Waals surface area (Å²) in [4.78, 5) is 0. The topological polar surface area (TPSA) is 19.7 Å². The molecule has 0 aliphatic heterocycles. The summed E-state index contributed by atoms with van der Waals surface area (Å²) in [5, 5.41) is 9.83. The van der Waals surface area contributed by atoms with Gasteiger partial charge in [0.15, 0.2) is 0 Å². The highest BCUT2D eigenvalue weighted by atomic mass is 15.1. The first-order valence-corrected chi connectivity index (χ1v) is 24.1. The molecule has 15 rings (SSSR count). The van der Waals surface area contributed by atoms with E-state index in [1.165, 1.54) is 104 Å². The van der Waals surface area contributed by atoms with Crippen LogP contribution in [0.1, 0.15) is 0 Å². The molecule has 15 aromatic rings.